The van der Waals surface area contributed by atoms with E-state index in [1.54, 1.807) is 0 Å². The first-order valence-corrected chi connectivity index (χ1v) is 10.3. The van der Waals surface area contributed by atoms with Crippen LogP contribution in [0.2, 0.25) is 0 Å². The first-order chi connectivity index (χ1) is 12.7. The lowest BCUT2D eigenvalue weighted by Crippen LogP contribution is -2.26. The molecule has 1 saturated heterocycles. The van der Waals surface area contributed by atoms with Crippen LogP contribution in [-0.4, -0.2) is 25.6 Å². The van der Waals surface area contributed by atoms with Crippen LogP contribution in [0, 0.1) is 11.7 Å². The van der Waals surface area contributed by atoms with Crippen molar-refractivity contribution in [2.24, 2.45) is 0 Å². The summed E-state index contributed by atoms with van der Waals surface area (Å²) in [6, 6.07) is 15.4. The summed E-state index contributed by atoms with van der Waals surface area (Å²) in [4.78, 5) is 3.95. The van der Waals surface area contributed by atoms with Crippen LogP contribution in [-0.2, 0) is 6.67 Å². The zero-order chi connectivity index (χ0) is 17.7. The van der Waals surface area contributed by atoms with Crippen LogP contribution in [0.3, 0.4) is 0 Å². The number of aromatic nitrogens is 3. The van der Waals surface area contributed by atoms with E-state index in [1.165, 1.54) is 28.7 Å². The average molecular weight is 381 g/mol. The van der Waals surface area contributed by atoms with Crippen molar-refractivity contribution < 1.29 is 0 Å². The molecule has 0 aliphatic carbocycles. The molecule has 1 aliphatic rings. The van der Waals surface area contributed by atoms with Gasteiger partial charge in [-0.3, -0.25) is 9.30 Å². The van der Waals surface area contributed by atoms with Crippen molar-refractivity contribution in [1.82, 2.24) is 19.1 Å². The highest BCUT2D eigenvalue weighted by molar-refractivity contribution is 7.71. The molecule has 4 heterocycles. The van der Waals surface area contributed by atoms with Gasteiger partial charge in [0.1, 0.15) is 0 Å². The van der Waals surface area contributed by atoms with Crippen LogP contribution in [0.4, 0.5) is 0 Å². The summed E-state index contributed by atoms with van der Waals surface area (Å²) in [5.41, 5.74) is 3.30. The van der Waals surface area contributed by atoms with E-state index in [4.69, 9.17) is 17.3 Å². The van der Waals surface area contributed by atoms with Crippen LogP contribution >= 0.6 is 23.6 Å². The maximum atomic E-state index is 5.81. The molecule has 0 unspecified atom stereocenters. The highest BCUT2D eigenvalue weighted by Gasteiger charge is 2.27. The fourth-order valence-electron chi connectivity index (χ4n) is 4.08. The highest BCUT2D eigenvalue weighted by Crippen LogP contribution is 2.34. The number of para-hydroxylation sites is 1. The molecule has 0 saturated carbocycles. The predicted molar refractivity (Wildman–Crippen MR) is 109 cm³/mol. The van der Waals surface area contributed by atoms with Gasteiger partial charge in [-0.15, -0.1) is 11.3 Å². The van der Waals surface area contributed by atoms with Crippen molar-refractivity contribution in [3.05, 3.63) is 63.1 Å². The number of hydrogen-bond acceptors (Lipinski definition) is 4. The van der Waals surface area contributed by atoms with Gasteiger partial charge < -0.3 is 0 Å². The summed E-state index contributed by atoms with van der Waals surface area (Å²) in [5.74, 6) is 0. The lowest BCUT2D eigenvalue weighted by molar-refractivity contribution is 0.192. The van der Waals surface area contributed by atoms with Gasteiger partial charge in [0.2, 0.25) is 4.77 Å². The van der Waals surface area contributed by atoms with Crippen LogP contribution < -0.4 is 0 Å². The van der Waals surface area contributed by atoms with Crippen LogP contribution in [0.15, 0.2) is 47.8 Å². The monoisotopic (exact) mass is 380 g/mol. The fourth-order valence-corrected chi connectivity index (χ4v) is 5.27. The minimum atomic E-state index is 0.486. The Kier molecular flexibility index (Phi) is 3.92. The summed E-state index contributed by atoms with van der Waals surface area (Å²) in [6.07, 6.45) is 2.44. The van der Waals surface area contributed by atoms with Gasteiger partial charge in [-0.1, -0.05) is 24.3 Å². The number of pyridine rings is 1. The number of thiophene rings is 1. The third-order valence-electron chi connectivity index (χ3n) is 5.33. The van der Waals surface area contributed by atoms with Crippen LogP contribution in [0.25, 0.3) is 16.6 Å². The molecule has 1 atom stereocenters. The van der Waals surface area contributed by atoms with E-state index in [-0.39, 0.29) is 0 Å². The Morgan fingerprint density at radius 3 is 2.96 bits per heavy atom. The zero-order valence-electron chi connectivity index (χ0n) is 14.6. The van der Waals surface area contributed by atoms with Gasteiger partial charge in [0.25, 0.3) is 0 Å². The fraction of sp³-hybridized carbons (Fsp3) is 0.300. The van der Waals surface area contributed by atoms with Gasteiger partial charge in [0.15, 0.2) is 5.65 Å². The molecule has 6 heteroatoms. The van der Waals surface area contributed by atoms with Crippen molar-refractivity contribution in [3.63, 3.8) is 0 Å². The van der Waals surface area contributed by atoms with Crippen molar-refractivity contribution in [2.45, 2.75) is 32.5 Å². The topological polar surface area (TPSA) is 25.5 Å². The number of likely N-dealkylation sites (tertiary alicyclic amines) is 1. The molecule has 0 radical (unpaired) electrons. The van der Waals surface area contributed by atoms with E-state index in [9.17, 15) is 0 Å². The molecule has 0 amide bonds. The Labute approximate surface area is 161 Å². The molecular weight excluding hydrogens is 360 g/mol. The molecule has 1 aromatic carbocycles. The SMILES string of the molecule is Cc1cc2nn(CN3CCC[C@H]3c3cccs3)c(=S)n2c2ccccc12. The van der Waals surface area contributed by atoms with Gasteiger partial charge in [0, 0.05) is 22.8 Å². The van der Waals surface area contributed by atoms with Crippen LogP contribution in [0.1, 0.15) is 29.3 Å². The van der Waals surface area contributed by atoms with Crippen molar-refractivity contribution in [3.8, 4) is 0 Å². The number of nitrogens with zero attached hydrogens (tertiary/aromatic N) is 4. The number of benzene rings is 1. The Bertz CT molecular complexity index is 1140. The Morgan fingerprint density at radius 1 is 1.23 bits per heavy atom. The summed E-state index contributed by atoms with van der Waals surface area (Å²) in [6.45, 7) is 3.98. The Morgan fingerprint density at radius 2 is 2.12 bits per heavy atom. The van der Waals surface area contributed by atoms with E-state index >= 15 is 0 Å². The van der Waals surface area contributed by atoms with Gasteiger partial charge in [-0.2, -0.15) is 5.10 Å². The molecule has 4 aromatic rings. The third kappa shape index (κ3) is 2.52. The molecule has 26 heavy (non-hydrogen) atoms. The zero-order valence-corrected chi connectivity index (χ0v) is 16.3. The first-order valence-electron chi connectivity index (χ1n) is 8.98. The van der Waals surface area contributed by atoms with E-state index in [2.05, 4.69) is 64.1 Å². The van der Waals surface area contributed by atoms with E-state index in [1.807, 2.05) is 16.0 Å². The van der Waals surface area contributed by atoms with Gasteiger partial charge >= 0.3 is 0 Å². The van der Waals surface area contributed by atoms with Crippen LogP contribution in [0.5, 0.6) is 0 Å². The molecule has 1 aliphatic heterocycles. The van der Waals surface area contributed by atoms with Gasteiger partial charge in [-0.25, -0.2) is 4.68 Å². The summed E-state index contributed by atoms with van der Waals surface area (Å²) >= 11 is 7.66. The number of rotatable bonds is 3. The van der Waals surface area contributed by atoms with Gasteiger partial charge in [-0.05, 0) is 61.1 Å². The minimum absolute atomic E-state index is 0.486. The first kappa shape index (κ1) is 16.2. The van der Waals surface area contributed by atoms with E-state index in [0.29, 0.717) is 6.04 Å². The second kappa shape index (κ2) is 6.30. The predicted octanol–water partition coefficient (Wildman–Crippen LogP) is 5.18. The maximum absolute atomic E-state index is 5.81. The molecule has 4 nitrogen and oxygen atoms in total. The lowest BCUT2D eigenvalue weighted by Gasteiger charge is -2.23. The quantitative estimate of drug-likeness (QED) is 0.458. The Balaban J connectivity index is 1.59. The normalized spacial score (nSPS) is 18.3. The second-order valence-corrected chi connectivity index (χ2v) is 8.29. The van der Waals surface area contributed by atoms with Crippen molar-refractivity contribution in [1.29, 1.82) is 0 Å². The lowest BCUT2D eigenvalue weighted by atomic mass is 10.1. The molecule has 0 N–H and O–H groups in total. The maximum Gasteiger partial charge on any atom is 0.204 e. The molecule has 0 bridgehead atoms. The molecule has 1 fully saturated rings. The summed E-state index contributed by atoms with van der Waals surface area (Å²) in [5, 5.41) is 8.23. The third-order valence-corrected chi connectivity index (χ3v) is 6.70. The minimum Gasteiger partial charge on any atom is -0.276 e. The standard InChI is InChI=1S/C20H20N4S2/c1-14-12-19-21-23(20(25)24(19)16-7-3-2-6-15(14)16)13-22-10-4-8-17(22)18-9-5-11-26-18/h2-3,5-7,9,11-12,17H,4,8,10,13H2,1H3/t17-/m0/s1. The number of hydrogen-bond donors (Lipinski definition) is 0. The molecule has 3 aromatic heterocycles. The van der Waals surface area contributed by atoms with Crippen molar-refractivity contribution >= 4 is 40.1 Å². The highest BCUT2D eigenvalue weighted by atomic mass is 32.1. The summed E-state index contributed by atoms with van der Waals surface area (Å²) in [7, 11) is 0. The Hall–Kier alpha value is -2.02. The summed E-state index contributed by atoms with van der Waals surface area (Å²) < 4.78 is 4.86. The molecular formula is C20H20N4S2. The van der Waals surface area contributed by atoms with E-state index in [0.717, 1.165) is 29.1 Å². The van der Waals surface area contributed by atoms with Gasteiger partial charge in [0.05, 0.1) is 12.2 Å². The van der Waals surface area contributed by atoms with E-state index < -0.39 is 0 Å². The second-order valence-electron chi connectivity index (χ2n) is 6.95. The van der Waals surface area contributed by atoms with Crippen molar-refractivity contribution in [2.75, 3.05) is 6.54 Å². The molecule has 132 valence electrons. The molecule has 5 rings (SSSR count). The number of aryl methyl sites for hydroxylation is 1. The number of fused-ring (bicyclic) bond motifs is 3. The average Bonchev–Trinajstić information content (AvgIpc) is 3.37. The molecule has 0 spiro atoms. The smallest absolute Gasteiger partial charge is 0.204 e. The largest absolute Gasteiger partial charge is 0.276 e.